The van der Waals surface area contributed by atoms with E-state index >= 15 is 0 Å². The molecule has 0 aromatic rings. The predicted octanol–water partition coefficient (Wildman–Crippen LogP) is 0.298. The van der Waals surface area contributed by atoms with Crippen LogP contribution in [0.3, 0.4) is 0 Å². The van der Waals surface area contributed by atoms with Crippen LogP contribution in [-0.4, -0.2) is 18.7 Å². The van der Waals surface area contributed by atoms with E-state index in [9.17, 15) is 8.42 Å². The molecule has 0 fully saturated rings. The van der Waals surface area contributed by atoms with Crippen LogP contribution in [-0.2, 0) is 10.1 Å². The summed E-state index contributed by atoms with van der Waals surface area (Å²) in [7, 11) is -3.82. The fraction of sp³-hybridized carbons (Fsp3) is 0.818. The van der Waals surface area contributed by atoms with Crippen molar-refractivity contribution in [2.75, 3.05) is 5.75 Å². The van der Waals surface area contributed by atoms with Crippen LogP contribution >= 0.6 is 0 Å². The third-order valence-corrected chi connectivity index (χ3v) is 2.81. The van der Waals surface area contributed by atoms with E-state index in [-0.39, 0.29) is 36.7 Å². The van der Waals surface area contributed by atoms with Gasteiger partial charge < -0.3 is 1.43 Å². The minimum Gasteiger partial charge on any atom is -1.00 e. The average molecular weight is 258 g/mol. The van der Waals surface area contributed by atoms with Crippen molar-refractivity contribution in [3.8, 4) is 0 Å². The Hall–Kier alpha value is 0.650. The minimum atomic E-state index is -3.82. The van der Waals surface area contributed by atoms with Crippen molar-refractivity contribution in [1.29, 1.82) is 0 Å². The van der Waals surface area contributed by atoms with Crippen LogP contribution in [0, 0.1) is 0 Å². The van der Waals surface area contributed by atoms with Crippen molar-refractivity contribution in [2.24, 2.45) is 0 Å². The Morgan fingerprint density at radius 2 is 1.62 bits per heavy atom. The molecule has 0 saturated carbocycles. The van der Waals surface area contributed by atoms with Crippen molar-refractivity contribution in [1.82, 2.24) is 0 Å². The van der Waals surface area contributed by atoms with Crippen molar-refractivity contribution in [3.63, 3.8) is 0 Å². The molecule has 0 amide bonds. The Labute approximate surface area is 123 Å². The van der Waals surface area contributed by atoms with Gasteiger partial charge in [-0.1, -0.05) is 51.2 Å². The smallest absolute Gasteiger partial charge is 1.00 e. The van der Waals surface area contributed by atoms with Gasteiger partial charge in [-0.05, 0) is 12.8 Å². The molecule has 0 heterocycles. The standard InChI is InChI=1S/C11H22O3S.Na.H/c1-2-3-4-5-6-7-8-9-10-11-15(12,13)14;;/h9-10H,2-8,11H2,1H3,(H,12,13,14);;/q;+1;-1. The van der Waals surface area contributed by atoms with Crippen molar-refractivity contribution >= 4 is 10.1 Å². The summed E-state index contributed by atoms with van der Waals surface area (Å²) in [6.45, 7) is 2.19. The van der Waals surface area contributed by atoms with E-state index < -0.39 is 10.1 Å². The molecule has 0 unspecified atom stereocenters. The van der Waals surface area contributed by atoms with Crippen LogP contribution in [0.4, 0.5) is 0 Å². The van der Waals surface area contributed by atoms with Gasteiger partial charge in [0, 0.05) is 0 Å². The molecule has 0 aliphatic heterocycles. The zero-order valence-corrected chi connectivity index (χ0v) is 13.3. The van der Waals surface area contributed by atoms with E-state index in [1.807, 2.05) is 6.08 Å². The minimum absolute atomic E-state index is 0. The number of hydrogen-bond acceptors (Lipinski definition) is 2. The molecule has 0 spiro atoms. The summed E-state index contributed by atoms with van der Waals surface area (Å²) in [5.74, 6) is -0.261. The summed E-state index contributed by atoms with van der Waals surface area (Å²) in [5.41, 5.74) is 0. The number of hydrogen-bond donors (Lipinski definition) is 1. The molecule has 0 aromatic carbocycles. The maximum absolute atomic E-state index is 10.3. The van der Waals surface area contributed by atoms with Crippen molar-refractivity contribution < 1.29 is 44.0 Å². The molecule has 16 heavy (non-hydrogen) atoms. The average Bonchev–Trinajstić information content (AvgIpc) is 2.14. The van der Waals surface area contributed by atoms with Gasteiger partial charge in [0.25, 0.3) is 10.1 Å². The molecule has 0 rings (SSSR count). The molecule has 0 saturated heterocycles. The normalized spacial score (nSPS) is 11.6. The third-order valence-electron chi connectivity index (χ3n) is 2.20. The summed E-state index contributed by atoms with van der Waals surface area (Å²) < 4.78 is 29.1. The zero-order chi connectivity index (χ0) is 11.6. The molecule has 5 heteroatoms. The number of rotatable bonds is 9. The Kier molecular flexibility index (Phi) is 14.4. The Bertz CT molecular complexity index is 266. The van der Waals surface area contributed by atoms with Gasteiger partial charge in [-0.2, -0.15) is 8.42 Å². The van der Waals surface area contributed by atoms with Crippen LogP contribution < -0.4 is 29.6 Å². The van der Waals surface area contributed by atoms with E-state index in [2.05, 4.69) is 6.92 Å². The molecule has 0 radical (unpaired) electrons. The second-order valence-corrected chi connectivity index (χ2v) is 5.27. The Balaban J connectivity index is -0.000000980. The number of unbranched alkanes of at least 4 members (excludes halogenated alkanes) is 6. The molecule has 92 valence electrons. The maximum atomic E-state index is 10.3. The number of allylic oxidation sites excluding steroid dienone is 1. The first-order chi connectivity index (χ1) is 7.06. The van der Waals surface area contributed by atoms with Gasteiger partial charge in [0.15, 0.2) is 0 Å². The molecule has 3 nitrogen and oxygen atoms in total. The van der Waals surface area contributed by atoms with Crippen LogP contribution in [0.5, 0.6) is 0 Å². The zero-order valence-electron chi connectivity index (χ0n) is 11.5. The van der Waals surface area contributed by atoms with Gasteiger partial charge in [-0.25, -0.2) is 0 Å². The summed E-state index contributed by atoms with van der Waals surface area (Å²) in [6.07, 6.45) is 11.7. The molecule has 0 bridgehead atoms. The van der Waals surface area contributed by atoms with E-state index in [1.54, 1.807) is 0 Å². The fourth-order valence-electron chi connectivity index (χ4n) is 1.35. The van der Waals surface area contributed by atoms with Crippen LogP contribution in [0.15, 0.2) is 12.2 Å². The van der Waals surface area contributed by atoms with Gasteiger partial charge in [0.1, 0.15) is 0 Å². The molecule has 0 atom stereocenters. The van der Waals surface area contributed by atoms with Gasteiger partial charge in [-0.3, -0.25) is 4.55 Å². The van der Waals surface area contributed by atoms with E-state index in [0.29, 0.717) is 0 Å². The molecule has 0 aromatic heterocycles. The Morgan fingerprint density at radius 1 is 1.06 bits per heavy atom. The van der Waals surface area contributed by atoms with E-state index in [4.69, 9.17) is 4.55 Å². The van der Waals surface area contributed by atoms with Gasteiger partial charge in [0.2, 0.25) is 0 Å². The quantitative estimate of drug-likeness (QED) is 0.280. The molecule has 0 aliphatic rings. The van der Waals surface area contributed by atoms with Crippen LogP contribution in [0.2, 0.25) is 0 Å². The fourth-order valence-corrected chi connectivity index (χ4v) is 1.73. The summed E-state index contributed by atoms with van der Waals surface area (Å²) >= 11 is 0. The van der Waals surface area contributed by atoms with E-state index in [1.165, 1.54) is 38.2 Å². The SMILES string of the molecule is CCCCCCCCC=CCS(=O)(=O)O.[H-].[Na+]. The third kappa shape index (κ3) is 17.1. The molecule has 1 N–H and O–H groups in total. The molecular weight excluding hydrogens is 235 g/mol. The van der Waals surface area contributed by atoms with Crippen LogP contribution in [0.1, 0.15) is 53.3 Å². The van der Waals surface area contributed by atoms with E-state index in [0.717, 1.165) is 12.8 Å². The van der Waals surface area contributed by atoms with Gasteiger partial charge >= 0.3 is 29.6 Å². The first kappa shape index (κ1) is 19.0. The first-order valence-corrected chi connectivity index (χ1v) is 7.27. The summed E-state index contributed by atoms with van der Waals surface area (Å²) in [5, 5.41) is 0. The molecular formula is C11H23NaO3S. The van der Waals surface area contributed by atoms with Crippen molar-refractivity contribution in [3.05, 3.63) is 12.2 Å². The summed E-state index contributed by atoms with van der Waals surface area (Å²) in [6, 6.07) is 0. The summed E-state index contributed by atoms with van der Waals surface area (Å²) in [4.78, 5) is 0. The predicted molar refractivity (Wildman–Crippen MR) is 64.7 cm³/mol. The van der Waals surface area contributed by atoms with Crippen molar-refractivity contribution in [2.45, 2.75) is 51.9 Å². The Morgan fingerprint density at radius 3 is 2.19 bits per heavy atom. The first-order valence-electron chi connectivity index (χ1n) is 5.66. The van der Waals surface area contributed by atoms with Crippen LogP contribution in [0.25, 0.3) is 0 Å². The molecule has 0 aliphatic carbocycles. The maximum Gasteiger partial charge on any atom is 1.00 e. The largest absolute Gasteiger partial charge is 1.00 e. The topological polar surface area (TPSA) is 54.4 Å². The second kappa shape index (κ2) is 12.1. The van der Waals surface area contributed by atoms with Gasteiger partial charge in [-0.15, -0.1) is 0 Å². The second-order valence-electron chi connectivity index (χ2n) is 3.78. The monoisotopic (exact) mass is 258 g/mol. The van der Waals surface area contributed by atoms with Gasteiger partial charge in [0.05, 0.1) is 5.75 Å².